The van der Waals surface area contributed by atoms with Crippen molar-refractivity contribution in [3.05, 3.63) is 54.1 Å². The van der Waals surface area contributed by atoms with Crippen LogP contribution in [0.4, 0.5) is 5.69 Å². The molecule has 0 saturated heterocycles. The van der Waals surface area contributed by atoms with E-state index >= 15 is 0 Å². The van der Waals surface area contributed by atoms with E-state index in [1.165, 1.54) is 5.56 Å². The average Bonchev–Trinajstić information content (AvgIpc) is 2.55. The molecule has 1 amide bonds. The Bertz CT molecular complexity index is 591. The third-order valence-electron chi connectivity index (χ3n) is 3.15. The van der Waals surface area contributed by atoms with Gasteiger partial charge in [-0.2, -0.15) is 0 Å². The largest absolute Gasteiger partial charge is 0.494 e. The van der Waals surface area contributed by atoms with Gasteiger partial charge in [0.2, 0.25) is 0 Å². The molecule has 0 fully saturated rings. The van der Waals surface area contributed by atoms with Crippen molar-refractivity contribution >= 4 is 11.6 Å². The van der Waals surface area contributed by atoms with Crippen molar-refractivity contribution in [3.63, 3.8) is 0 Å². The van der Waals surface area contributed by atoms with Crippen LogP contribution in [0.2, 0.25) is 0 Å². The minimum absolute atomic E-state index is 0.0243. The molecule has 4 nitrogen and oxygen atoms in total. The van der Waals surface area contributed by atoms with Gasteiger partial charge in [0, 0.05) is 5.69 Å². The predicted octanol–water partition coefficient (Wildman–Crippen LogP) is 3.67. The Morgan fingerprint density at radius 3 is 2.05 bits per heavy atom. The summed E-state index contributed by atoms with van der Waals surface area (Å²) >= 11 is 0. The summed E-state index contributed by atoms with van der Waals surface area (Å²) in [7, 11) is 0. The first-order chi connectivity index (χ1) is 10.7. The van der Waals surface area contributed by atoms with Crippen LogP contribution in [0.15, 0.2) is 48.5 Å². The van der Waals surface area contributed by atoms with Crippen molar-refractivity contribution in [1.29, 1.82) is 0 Å². The van der Waals surface area contributed by atoms with Crippen molar-refractivity contribution in [3.8, 4) is 11.5 Å². The topological polar surface area (TPSA) is 47.6 Å². The number of hydrogen-bond acceptors (Lipinski definition) is 3. The van der Waals surface area contributed by atoms with Crippen molar-refractivity contribution in [2.75, 3.05) is 18.5 Å². The molecule has 116 valence electrons. The lowest BCUT2D eigenvalue weighted by Crippen LogP contribution is -2.20. The van der Waals surface area contributed by atoms with Gasteiger partial charge in [-0.05, 0) is 55.3 Å². The minimum Gasteiger partial charge on any atom is -0.494 e. The number of anilines is 1. The molecule has 22 heavy (non-hydrogen) atoms. The molecule has 2 aromatic carbocycles. The summed E-state index contributed by atoms with van der Waals surface area (Å²) in [5, 5.41) is 2.81. The van der Waals surface area contributed by atoms with Gasteiger partial charge in [-0.15, -0.1) is 0 Å². The highest BCUT2D eigenvalue weighted by atomic mass is 16.5. The summed E-state index contributed by atoms with van der Waals surface area (Å²) < 4.78 is 10.8. The van der Waals surface area contributed by atoms with E-state index in [0.717, 1.165) is 17.9 Å². The number of carbonyl (C=O) groups excluding carboxylic acids is 1. The van der Waals surface area contributed by atoms with Gasteiger partial charge in [0.1, 0.15) is 11.5 Å². The Hall–Kier alpha value is -2.49. The first-order valence-electron chi connectivity index (χ1n) is 7.45. The second-order valence-electron chi connectivity index (χ2n) is 4.79. The lowest BCUT2D eigenvalue weighted by molar-refractivity contribution is -0.118. The lowest BCUT2D eigenvalue weighted by atomic mass is 10.1. The van der Waals surface area contributed by atoms with E-state index in [4.69, 9.17) is 9.47 Å². The van der Waals surface area contributed by atoms with Gasteiger partial charge in [-0.1, -0.05) is 19.1 Å². The standard InChI is InChI=1S/C18H21NO3/c1-3-14-5-7-15(8-6-14)19-18(20)13-22-17-11-9-16(10-12-17)21-4-2/h5-12H,3-4,13H2,1-2H3,(H,19,20). The Labute approximate surface area is 131 Å². The van der Waals surface area contributed by atoms with Crippen molar-refractivity contribution in [2.45, 2.75) is 20.3 Å². The number of amides is 1. The number of rotatable bonds is 7. The summed E-state index contributed by atoms with van der Waals surface area (Å²) in [4.78, 5) is 11.8. The number of carbonyl (C=O) groups is 1. The number of hydrogen-bond donors (Lipinski definition) is 1. The zero-order chi connectivity index (χ0) is 15.8. The van der Waals surface area contributed by atoms with E-state index in [0.29, 0.717) is 12.4 Å². The summed E-state index contributed by atoms with van der Waals surface area (Å²) in [5.74, 6) is 1.24. The second kappa shape index (κ2) is 8.08. The summed E-state index contributed by atoms with van der Waals surface area (Å²) in [6, 6.07) is 15.0. The fraction of sp³-hybridized carbons (Fsp3) is 0.278. The monoisotopic (exact) mass is 299 g/mol. The minimum atomic E-state index is -0.182. The zero-order valence-electron chi connectivity index (χ0n) is 13.0. The number of nitrogens with one attached hydrogen (secondary N) is 1. The predicted molar refractivity (Wildman–Crippen MR) is 87.6 cm³/mol. The van der Waals surface area contributed by atoms with Gasteiger partial charge < -0.3 is 14.8 Å². The molecule has 0 aliphatic rings. The fourth-order valence-electron chi connectivity index (χ4n) is 1.97. The molecule has 0 saturated carbocycles. The van der Waals surface area contributed by atoms with Crippen LogP contribution < -0.4 is 14.8 Å². The van der Waals surface area contributed by atoms with Crippen molar-refractivity contribution in [2.24, 2.45) is 0 Å². The van der Waals surface area contributed by atoms with Crippen molar-refractivity contribution < 1.29 is 14.3 Å². The fourth-order valence-corrected chi connectivity index (χ4v) is 1.97. The number of ether oxygens (including phenoxy) is 2. The lowest BCUT2D eigenvalue weighted by Gasteiger charge is -2.09. The smallest absolute Gasteiger partial charge is 0.262 e. The molecule has 0 unspecified atom stereocenters. The normalized spacial score (nSPS) is 10.1. The van der Waals surface area contributed by atoms with E-state index < -0.39 is 0 Å². The molecule has 0 bridgehead atoms. The Morgan fingerprint density at radius 1 is 0.909 bits per heavy atom. The van der Waals surface area contributed by atoms with Crippen LogP contribution in [0.25, 0.3) is 0 Å². The highest BCUT2D eigenvalue weighted by Gasteiger charge is 2.04. The molecule has 1 N–H and O–H groups in total. The Kier molecular flexibility index (Phi) is 5.83. The van der Waals surface area contributed by atoms with Gasteiger partial charge in [0.05, 0.1) is 6.61 Å². The molecule has 0 heterocycles. The second-order valence-corrected chi connectivity index (χ2v) is 4.79. The first kappa shape index (κ1) is 15.9. The maximum atomic E-state index is 11.8. The zero-order valence-corrected chi connectivity index (χ0v) is 13.0. The van der Waals surface area contributed by atoms with E-state index in [1.54, 1.807) is 12.1 Å². The van der Waals surface area contributed by atoms with Crippen molar-refractivity contribution in [1.82, 2.24) is 0 Å². The molecule has 0 spiro atoms. The molecule has 0 radical (unpaired) electrons. The van der Waals surface area contributed by atoms with Gasteiger partial charge in [-0.25, -0.2) is 0 Å². The molecule has 0 aliphatic carbocycles. The van der Waals surface area contributed by atoms with Gasteiger partial charge in [0.25, 0.3) is 5.91 Å². The van der Waals surface area contributed by atoms with Crippen LogP contribution in [-0.4, -0.2) is 19.1 Å². The third kappa shape index (κ3) is 4.81. The van der Waals surface area contributed by atoms with Gasteiger partial charge in [0.15, 0.2) is 6.61 Å². The van der Waals surface area contributed by atoms with Crippen LogP contribution in [0, 0.1) is 0 Å². The number of aryl methyl sites for hydroxylation is 1. The summed E-state index contributed by atoms with van der Waals surface area (Å²) in [6.45, 7) is 4.63. The maximum Gasteiger partial charge on any atom is 0.262 e. The number of benzene rings is 2. The Balaban J connectivity index is 1.81. The summed E-state index contributed by atoms with van der Waals surface area (Å²) in [5.41, 5.74) is 2.01. The van der Waals surface area contributed by atoms with Gasteiger partial charge >= 0.3 is 0 Å². The molecule has 2 rings (SSSR count). The first-order valence-corrected chi connectivity index (χ1v) is 7.45. The molecular formula is C18H21NO3. The summed E-state index contributed by atoms with van der Waals surface area (Å²) in [6.07, 6.45) is 0.981. The van der Waals surface area contributed by atoms with E-state index in [9.17, 15) is 4.79 Å². The molecule has 2 aromatic rings. The average molecular weight is 299 g/mol. The van der Waals surface area contributed by atoms with Crippen LogP contribution >= 0.6 is 0 Å². The molecular weight excluding hydrogens is 278 g/mol. The molecule has 0 aromatic heterocycles. The van der Waals surface area contributed by atoms with Crippen LogP contribution in [0.3, 0.4) is 0 Å². The SMILES string of the molecule is CCOc1ccc(OCC(=O)Nc2ccc(CC)cc2)cc1. The highest BCUT2D eigenvalue weighted by Crippen LogP contribution is 2.17. The molecule has 4 heteroatoms. The quantitative estimate of drug-likeness (QED) is 0.848. The maximum absolute atomic E-state index is 11.8. The van der Waals surface area contributed by atoms with E-state index in [-0.39, 0.29) is 12.5 Å². The highest BCUT2D eigenvalue weighted by molar-refractivity contribution is 5.91. The molecule has 0 atom stereocenters. The third-order valence-corrected chi connectivity index (χ3v) is 3.15. The van der Waals surface area contributed by atoms with Gasteiger partial charge in [-0.3, -0.25) is 4.79 Å². The van der Waals surface area contributed by atoms with E-state index in [1.807, 2.05) is 43.3 Å². The van der Waals surface area contributed by atoms with Crippen LogP contribution in [0.5, 0.6) is 11.5 Å². The molecule has 0 aliphatic heterocycles. The van der Waals surface area contributed by atoms with Crippen LogP contribution in [-0.2, 0) is 11.2 Å². The Morgan fingerprint density at radius 2 is 1.50 bits per heavy atom. The van der Waals surface area contributed by atoms with Crippen LogP contribution in [0.1, 0.15) is 19.4 Å². The van der Waals surface area contributed by atoms with E-state index in [2.05, 4.69) is 12.2 Å².